The standard InChI is InChI=1S/C18H23N5O3S/c1-11-4-3-5-12-13(6-8-20-16(11)12)18(24)23-17(19)14-7-9-22(27(2,25)26)10-15(14)21-23/h3-5,13,20H,6-10,19H2,1-2H3/t13-/m1/s1. The molecule has 3 heterocycles. The van der Waals surface area contributed by atoms with Gasteiger partial charge in [0.25, 0.3) is 5.91 Å². The van der Waals surface area contributed by atoms with Gasteiger partial charge in [0.05, 0.1) is 24.4 Å². The number of nitrogen functional groups attached to an aromatic ring is 1. The molecule has 0 spiro atoms. The van der Waals surface area contributed by atoms with E-state index in [0.29, 0.717) is 37.4 Å². The van der Waals surface area contributed by atoms with Crippen molar-refractivity contribution in [3.63, 3.8) is 0 Å². The lowest BCUT2D eigenvalue weighted by atomic mass is 9.88. The maximum Gasteiger partial charge on any atom is 0.256 e. The molecular weight excluding hydrogens is 366 g/mol. The Hall–Kier alpha value is -2.39. The maximum atomic E-state index is 13.3. The first kappa shape index (κ1) is 18.0. The largest absolute Gasteiger partial charge is 0.385 e. The van der Waals surface area contributed by atoms with Crippen molar-refractivity contribution in [2.45, 2.75) is 32.2 Å². The van der Waals surface area contributed by atoms with Gasteiger partial charge in [-0.25, -0.2) is 8.42 Å². The van der Waals surface area contributed by atoms with Crippen LogP contribution in [0.15, 0.2) is 18.2 Å². The number of nitrogens with one attached hydrogen (secondary N) is 1. The molecule has 9 heteroatoms. The molecule has 4 rings (SSSR count). The molecule has 1 aromatic carbocycles. The summed E-state index contributed by atoms with van der Waals surface area (Å²) in [6.45, 7) is 3.22. The molecule has 0 aliphatic carbocycles. The van der Waals surface area contributed by atoms with Crippen LogP contribution in [0.1, 0.15) is 39.5 Å². The van der Waals surface area contributed by atoms with Gasteiger partial charge >= 0.3 is 0 Å². The van der Waals surface area contributed by atoms with Gasteiger partial charge < -0.3 is 11.1 Å². The molecule has 27 heavy (non-hydrogen) atoms. The number of nitrogens with two attached hydrogens (primary N) is 1. The highest BCUT2D eigenvalue weighted by Crippen LogP contribution is 2.36. The van der Waals surface area contributed by atoms with Crippen LogP contribution < -0.4 is 11.1 Å². The minimum absolute atomic E-state index is 0.153. The lowest BCUT2D eigenvalue weighted by Gasteiger charge is -2.27. The van der Waals surface area contributed by atoms with Crippen LogP contribution in [0.5, 0.6) is 0 Å². The van der Waals surface area contributed by atoms with Crippen LogP contribution in [-0.2, 0) is 23.0 Å². The molecule has 0 amide bonds. The first-order chi connectivity index (χ1) is 12.8. The number of nitrogens with zero attached hydrogens (tertiary/aromatic N) is 3. The minimum atomic E-state index is -3.31. The van der Waals surface area contributed by atoms with Crippen LogP contribution in [0.3, 0.4) is 0 Å². The summed E-state index contributed by atoms with van der Waals surface area (Å²) < 4.78 is 26.3. The number of carbonyl (C=O) groups excluding carboxylic acids is 1. The second kappa shape index (κ2) is 6.35. The molecule has 3 N–H and O–H groups in total. The SMILES string of the molecule is Cc1cccc2c1NCC[C@H]2C(=O)n1nc2c(c1N)CCN(S(C)(=O)=O)C2. The third kappa shape index (κ3) is 3.00. The molecule has 0 bridgehead atoms. The van der Waals surface area contributed by atoms with Crippen molar-refractivity contribution in [2.24, 2.45) is 0 Å². The lowest BCUT2D eigenvalue weighted by Crippen LogP contribution is -2.35. The molecule has 144 valence electrons. The average Bonchev–Trinajstić information content (AvgIpc) is 2.97. The Morgan fingerprint density at radius 1 is 1.37 bits per heavy atom. The normalized spacial score (nSPS) is 19.9. The van der Waals surface area contributed by atoms with Crippen LogP contribution in [-0.4, -0.2) is 47.8 Å². The number of fused-ring (bicyclic) bond motifs is 2. The Morgan fingerprint density at radius 2 is 2.15 bits per heavy atom. The van der Waals surface area contributed by atoms with E-state index in [0.717, 1.165) is 22.4 Å². The predicted octanol–water partition coefficient (Wildman–Crippen LogP) is 1.33. The van der Waals surface area contributed by atoms with Gasteiger partial charge in [-0.2, -0.15) is 14.1 Å². The number of sulfonamides is 1. The fraction of sp³-hybridized carbons (Fsp3) is 0.444. The predicted molar refractivity (Wildman–Crippen MR) is 103 cm³/mol. The zero-order valence-corrected chi connectivity index (χ0v) is 16.2. The topological polar surface area (TPSA) is 110 Å². The van der Waals surface area contributed by atoms with Crippen LogP contribution in [0, 0.1) is 6.92 Å². The summed E-state index contributed by atoms with van der Waals surface area (Å²) in [5, 5.41) is 7.77. The van der Waals surface area contributed by atoms with E-state index in [4.69, 9.17) is 5.73 Å². The molecule has 2 aliphatic heterocycles. The first-order valence-electron chi connectivity index (χ1n) is 8.96. The van der Waals surface area contributed by atoms with Gasteiger partial charge in [0.15, 0.2) is 0 Å². The molecule has 8 nitrogen and oxygen atoms in total. The van der Waals surface area contributed by atoms with Gasteiger partial charge in [0.1, 0.15) is 5.82 Å². The van der Waals surface area contributed by atoms with Crippen LogP contribution in [0.25, 0.3) is 0 Å². The number of rotatable bonds is 2. The molecule has 2 aromatic rings. The molecule has 2 aliphatic rings. The number of hydrogen-bond acceptors (Lipinski definition) is 6. The van der Waals surface area contributed by atoms with E-state index in [9.17, 15) is 13.2 Å². The Balaban J connectivity index is 1.69. The Kier molecular flexibility index (Phi) is 4.23. The third-order valence-electron chi connectivity index (χ3n) is 5.43. The third-order valence-corrected chi connectivity index (χ3v) is 6.68. The maximum absolute atomic E-state index is 13.3. The first-order valence-corrected chi connectivity index (χ1v) is 10.8. The molecule has 0 radical (unpaired) electrons. The van der Waals surface area contributed by atoms with Crippen molar-refractivity contribution in [1.82, 2.24) is 14.1 Å². The van der Waals surface area contributed by atoms with Crippen molar-refractivity contribution in [3.05, 3.63) is 40.6 Å². The van der Waals surface area contributed by atoms with Gasteiger partial charge in [-0.3, -0.25) is 4.79 Å². The monoisotopic (exact) mass is 389 g/mol. The van der Waals surface area contributed by atoms with E-state index in [1.54, 1.807) is 0 Å². The second-order valence-corrected chi connectivity index (χ2v) is 9.20. The summed E-state index contributed by atoms with van der Waals surface area (Å²) in [4.78, 5) is 13.3. The zero-order chi connectivity index (χ0) is 19.3. The van der Waals surface area contributed by atoms with Gasteiger partial charge in [-0.1, -0.05) is 18.2 Å². The van der Waals surface area contributed by atoms with E-state index in [1.807, 2.05) is 25.1 Å². The van der Waals surface area contributed by atoms with Crippen molar-refractivity contribution in [2.75, 3.05) is 30.4 Å². The van der Waals surface area contributed by atoms with Crippen LogP contribution in [0.2, 0.25) is 0 Å². The number of benzene rings is 1. The smallest absolute Gasteiger partial charge is 0.256 e. The zero-order valence-electron chi connectivity index (χ0n) is 15.4. The number of hydrogen-bond donors (Lipinski definition) is 2. The minimum Gasteiger partial charge on any atom is -0.385 e. The van der Waals surface area contributed by atoms with Crippen molar-refractivity contribution in [3.8, 4) is 0 Å². The molecular formula is C18H23N5O3S. The molecule has 0 fully saturated rings. The van der Waals surface area contributed by atoms with Gasteiger partial charge in [-0.15, -0.1) is 0 Å². The summed E-state index contributed by atoms with van der Waals surface area (Å²) in [6.07, 6.45) is 2.30. The van der Waals surface area contributed by atoms with Gasteiger partial charge in [0.2, 0.25) is 10.0 Å². The van der Waals surface area contributed by atoms with Crippen molar-refractivity contribution in [1.29, 1.82) is 0 Å². The number of carbonyl (C=O) groups is 1. The Morgan fingerprint density at radius 3 is 2.89 bits per heavy atom. The fourth-order valence-corrected chi connectivity index (χ4v) is 4.75. The fourth-order valence-electron chi connectivity index (χ4n) is 3.97. The highest BCUT2D eigenvalue weighted by atomic mass is 32.2. The van der Waals surface area contributed by atoms with E-state index in [1.165, 1.54) is 15.2 Å². The molecule has 0 saturated heterocycles. The Labute approximate surface area is 158 Å². The number of aromatic nitrogens is 2. The quantitative estimate of drug-likeness (QED) is 0.802. The van der Waals surface area contributed by atoms with E-state index >= 15 is 0 Å². The number of para-hydroxylation sites is 1. The summed E-state index contributed by atoms with van der Waals surface area (Å²) in [5.41, 5.74) is 10.6. The molecule has 0 unspecified atom stereocenters. The summed E-state index contributed by atoms with van der Waals surface area (Å²) >= 11 is 0. The van der Waals surface area contributed by atoms with Crippen LogP contribution >= 0.6 is 0 Å². The van der Waals surface area contributed by atoms with Crippen LogP contribution in [0.4, 0.5) is 11.5 Å². The van der Waals surface area contributed by atoms with E-state index < -0.39 is 10.0 Å². The van der Waals surface area contributed by atoms with E-state index in [-0.39, 0.29) is 18.4 Å². The molecule has 1 atom stereocenters. The lowest BCUT2D eigenvalue weighted by molar-refractivity contribution is 0.0859. The second-order valence-electron chi connectivity index (χ2n) is 7.21. The molecule has 1 aromatic heterocycles. The highest BCUT2D eigenvalue weighted by Gasteiger charge is 2.33. The number of anilines is 2. The number of aryl methyl sites for hydroxylation is 1. The van der Waals surface area contributed by atoms with E-state index in [2.05, 4.69) is 10.4 Å². The summed E-state index contributed by atoms with van der Waals surface area (Å²) in [7, 11) is -3.31. The average molecular weight is 389 g/mol. The highest BCUT2D eigenvalue weighted by molar-refractivity contribution is 7.88. The van der Waals surface area contributed by atoms with Crippen molar-refractivity contribution >= 4 is 27.4 Å². The van der Waals surface area contributed by atoms with Gasteiger partial charge in [-0.05, 0) is 30.9 Å². The van der Waals surface area contributed by atoms with Crippen molar-refractivity contribution < 1.29 is 13.2 Å². The Bertz CT molecular complexity index is 1030. The molecule has 0 saturated carbocycles. The summed E-state index contributed by atoms with van der Waals surface area (Å²) in [6, 6.07) is 5.92. The van der Waals surface area contributed by atoms with Gasteiger partial charge in [0, 0.05) is 24.3 Å². The summed E-state index contributed by atoms with van der Waals surface area (Å²) in [5.74, 6) is -0.159.